The number of carbonyl (C=O) groups is 1. The van der Waals surface area contributed by atoms with Crippen molar-refractivity contribution in [3.63, 3.8) is 0 Å². The van der Waals surface area contributed by atoms with Crippen molar-refractivity contribution in [1.29, 1.82) is 0 Å². The van der Waals surface area contributed by atoms with Crippen molar-refractivity contribution < 1.29 is 14.3 Å². The van der Waals surface area contributed by atoms with Crippen LogP contribution >= 0.6 is 0 Å². The molecule has 4 heteroatoms. The molecule has 0 aliphatic heterocycles. The molecule has 0 aromatic rings. The van der Waals surface area contributed by atoms with Gasteiger partial charge in [-0.1, -0.05) is 6.08 Å². The molecule has 0 heterocycles. The summed E-state index contributed by atoms with van der Waals surface area (Å²) in [7, 11) is 0. The molecule has 0 aromatic carbocycles. The van der Waals surface area contributed by atoms with Gasteiger partial charge in [-0.05, 0) is 52.5 Å². The first kappa shape index (κ1) is 14.0. The van der Waals surface area contributed by atoms with E-state index in [-0.39, 0.29) is 12.1 Å². The summed E-state index contributed by atoms with van der Waals surface area (Å²) in [6, 6.07) is 0.230. The molecule has 17 heavy (non-hydrogen) atoms. The molecule has 98 valence electrons. The fraction of sp³-hybridized carbons (Fsp3) is 0.769. The third-order valence-corrected chi connectivity index (χ3v) is 2.49. The minimum absolute atomic E-state index is 0.183. The average molecular weight is 241 g/mol. The van der Waals surface area contributed by atoms with E-state index in [1.165, 1.54) is 0 Å². The first-order valence-electron chi connectivity index (χ1n) is 6.19. The molecule has 0 radical (unpaired) electrons. The van der Waals surface area contributed by atoms with Crippen molar-refractivity contribution in [3.8, 4) is 0 Å². The van der Waals surface area contributed by atoms with Gasteiger partial charge in [0.2, 0.25) is 0 Å². The van der Waals surface area contributed by atoms with E-state index in [0.29, 0.717) is 0 Å². The van der Waals surface area contributed by atoms with Crippen LogP contribution in [0.25, 0.3) is 0 Å². The van der Waals surface area contributed by atoms with Gasteiger partial charge in [0.25, 0.3) is 0 Å². The second-order valence-corrected chi connectivity index (χ2v) is 5.48. The second-order valence-electron chi connectivity index (χ2n) is 5.48. The highest BCUT2D eigenvalue weighted by molar-refractivity contribution is 5.61. The Morgan fingerprint density at radius 3 is 2.71 bits per heavy atom. The van der Waals surface area contributed by atoms with E-state index >= 15 is 0 Å². The lowest BCUT2D eigenvalue weighted by Gasteiger charge is -2.22. The predicted molar refractivity (Wildman–Crippen MR) is 66.7 cm³/mol. The SMILES string of the molecule is CC(C)(C)OC(=O)OC1/C=C/CC(N)CCC1. The molecule has 0 aromatic heterocycles. The van der Waals surface area contributed by atoms with Crippen molar-refractivity contribution in [2.75, 3.05) is 0 Å². The topological polar surface area (TPSA) is 61.5 Å². The van der Waals surface area contributed by atoms with Crippen LogP contribution in [0, 0.1) is 0 Å². The zero-order chi connectivity index (χ0) is 12.9. The van der Waals surface area contributed by atoms with Gasteiger partial charge in [0.1, 0.15) is 11.7 Å². The maximum atomic E-state index is 11.5. The van der Waals surface area contributed by atoms with Crippen LogP contribution in [0.3, 0.4) is 0 Å². The fourth-order valence-electron chi connectivity index (χ4n) is 1.70. The lowest BCUT2D eigenvalue weighted by Crippen LogP contribution is -2.28. The highest BCUT2D eigenvalue weighted by atomic mass is 16.7. The standard InChI is InChI=1S/C13H23NO3/c1-13(2,3)17-12(15)16-11-8-4-6-10(14)7-5-9-11/h4,8,10-11H,5-7,9,14H2,1-3H3/b8-4+. The largest absolute Gasteiger partial charge is 0.509 e. The van der Waals surface area contributed by atoms with Crippen LogP contribution in [0.1, 0.15) is 46.5 Å². The molecule has 0 spiro atoms. The number of nitrogens with two attached hydrogens (primary N) is 1. The minimum atomic E-state index is -0.600. The van der Waals surface area contributed by atoms with Gasteiger partial charge in [-0.15, -0.1) is 0 Å². The van der Waals surface area contributed by atoms with Gasteiger partial charge in [-0.3, -0.25) is 0 Å². The molecule has 1 aliphatic rings. The second kappa shape index (κ2) is 6.05. The zero-order valence-corrected chi connectivity index (χ0v) is 10.9. The summed E-state index contributed by atoms with van der Waals surface area (Å²) in [5, 5.41) is 0. The van der Waals surface area contributed by atoms with Crippen molar-refractivity contribution in [3.05, 3.63) is 12.2 Å². The zero-order valence-electron chi connectivity index (χ0n) is 10.9. The molecule has 4 nitrogen and oxygen atoms in total. The molecule has 0 bridgehead atoms. The maximum Gasteiger partial charge on any atom is 0.509 e. The van der Waals surface area contributed by atoms with E-state index in [2.05, 4.69) is 0 Å². The molecule has 0 fully saturated rings. The van der Waals surface area contributed by atoms with E-state index in [9.17, 15) is 4.79 Å². The summed E-state index contributed by atoms with van der Waals surface area (Å²) < 4.78 is 10.4. The number of carbonyl (C=O) groups excluding carboxylic acids is 1. The number of hydrogen-bond acceptors (Lipinski definition) is 4. The third-order valence-electron chi connectivity index (χ3n) is 2.49. The van der Waals surface area contributed by atoms with Crippen molar-refractivity contribution in [2.24, 2.45) is 5.73 Å². The highest BCUT2D eigenvalue weighted by Crippen LogP contribution is 2.16. The van der Waals surface area contributed by atoms with Gasteiger partial charge in [0, 0.05) is 6.04 Å². The first-order valence-corrected chi connectivity index (χ1v) is 6.19. The lowest BCUT2D eigenvalue weighted by molar-refractivity contribution is -0.0200. The van der Waals surface area contributed by atoms with Crippen LogP contribution in [-0.4, -0.2) is 23.9 Å². The molecule has 1 aliphatic carbocycles. The molecular formula is C13H23NO3. The summed E-state index contributed by atoms with van der Waals surface area (Å²) in [5.74, 6) is 0. The van der Waals surface area contributed by atoms with Gasteiger partial charge in [-0.2, -0.15) is 0 Å². The summed E-state index contributed by atoms with van der Waals surface area (Å²) in [6.07, 6.45) is 6.70. The Morgan fingerprint density at radius 2 is 2.06 bits per heavy atom. The quantitative estimate of drug-likeness (QED) is 0.566. The minimum Gasteiger partial charge on any atom is -0.429 e. The van der Waals surface area contributed by atoms with Gasteiger partial charge in [0.05, 0.1) is 0 Å². The van der Waals surface area contributed by atoms with Gasteiger partial charge < -0.3 is 15.2 Å². The highest BCUT2D eigenvalue weighted by Gasteiger charge is 2.20. The number of ether oxygens (including phenoxy) is 2. The van der Waals surface area contributed by atoms with Crippen LogP contribution in [0.15, 0.2) is 12.2 Å². The van der Waals surface area contributed by atoms with Crippen LogP contribution in [0.2, 0.25) is 0 Å². The maximum absolute atomic E-state index is 11.5. The van der Waals surface area contributed by atoms with Crippen molar-refractivity contribution in [2.45, 2.75) is 64.2 Å². The van der Waals surface area contributed by atoms with Gasteiger partial charge in [0.15, 0.2) is 0 Å². The van der Waals surface area contributed by atoms with Crippen LogP contribution in [0.4, 0.5) is 4.79 Å². The van der Waals surface area contributed by atoms with Crippen molar-refractivity contribution in [1.82, 2.24) is 0 Å². The normalized spacial score (nSPS) is 27.8. The van der Waals surface area contributed by atoms with E-state index in [1.54, 1.807) is 0 Å². The number of rotatable bonds is 1. The molecule has 1 rings (SSSR count). The smallest absolute Gasteiger partial charge is 0.429 e. The first-order chi connectivity index (χ1) is 7.87. The molecule has 2 N–H and O–H groups in total. The Kier molecular flexibility index (Phi) is 5.00. The monoisotopic (exact) mass is 241 g/mol. The fourth-order valence-corrected chi connectivity index (χ4v) is 1.70. The summed E-state index contributed by atoms with van der Waals surface area (Å²) in [4.78, 5) is 11.5. The third kappa shape index (κ3) is 6.31. The average Bonchev–Trinajstić information content (AvgIpc) is 2.10. The molecular weight excluding hydrogens is 218 g/mol. The van der Waals surface area contributed by atoms with Gasteiger partial charge >= 0.3 is 6.16 Å². The Balaban J connectivity index is 2.42. The van der Waals surface area contributed by atoms with E-state index in [0.717, 1.165) is 25.7 Å². The molecule has 2 atom stereocenters. The van der Waals surface area contributed by atoms with E-state index in [4.69, 9.17) is 15.2 Å². The molecule has 2 unspecified atom stereocenters. The molecule has 0 saturated heterocycles. The Labute approximate surface area is 103 Å². The number of hydrogen-bond donors (Lipinski definition) is 1. The Hall–Kier alpha value is -1.03. The van der Waals surface area contributed by atoms with Gasteiger partial charge in [-0.25, -0.2) is 4.79 Å². The van der Waals surface area contributed by atoms with Crippen LogP contribution in [-0.2, 0) is 9.47 Å². The summed E-state index contributed by atoms with van der Waals surface area (Å²) in [5.41, 5.74) is 5.34. The lowest BCUT2D eigenvalue weighted by atomic mass is 10.0. The predicted octanol–water partition coefficient (Wildman–Crippen LogP) is 2.76. The Morgan fingerprint density at radius 1 is 1.35 bits per heavy atom. The Bertz CT molecular complexity index is 281. The summed E-state index contributed by atoms with van der Waals surface area (Å²) in [6.45, 7) is 5.46. The van der Waals surface area contributed by atoms with Crippen LogP contribution in [0.5, 0.6) is 0 Å². The molecule has 0 saturated carbocycles. The van der Waals surface area contributed by atoms with E-state index in [1.807, 2.05) is 32.9 Å². The van der Waals surface area contributed by atoms with Crippen molar-refractivity contribution >= 4 is 6.16 Å². The van der Waals surface area contributed by atoms with Crippen LogP contribution < -0.4 is 5.73 Å². The molecule has 0 amide bonds. The van der Waals surface area contributed by atoms with E-state index < -0.39 is 11.8 Å². The summed E-state index contributed by atoms with van der Waals surface area (Å²) >= 11 is 0.